The van der Waals surface area contributed by atoms with Crippen LogP contribution in [0.25, 0.3) is 0 Å². The van der Waals surface area contributed by atoms with Gasteiger partial charge >= 0.3 is 0 Å². The minimum atomic E-state index is -0.527. The Morgan fingerprint density at radius 1 is 1.27 bits per heavy atom. The second kappa shape index (κ2) is 4.11. The van der Waals surface area contributed by atoms with Crippen LogP contribution in [0.15, 0.2) is 30.3 Å². The normalized spacial score (nSPS) is 12.9. The smallest absolute Gasteiger partial charge is 0.0803 e. The van der Waals surface area contributed by atoms with Gasteiger partial charge in [-0.1, -0.05) is 30.3 Å². The molecule has 0 aliphatic heterocycles. The van der Waals surface area contributed by atoms with Gasteiger partial charge in [0, 0.05) is 6.54 Å². The number of hydrogen-bond acceptors (Lipinski definition) is 1. The first kappa shape index (κ1) is 8.24. The zero-order valence-corrected chi connectivity index (χ0v) is 6.27. The van der Waals surface area contributed by atoms with E-state index in [1.807, 2.05) is 30.3 Å². The van der Waals surface area contributed by atoms with E-state index in [0.717, 1.165) is 5.56 Å². The number of hydrogen-bond donors (Lipinski definition) is 1. The summed E-state index contributed by atoms with van der Waals surface area (Å²) in [5, 5.41) is 9.36. The lowest BCUT2D eigenvalue weighted by atomic mass is 10.1. The molecule has 0 amide bonds. The molecule has 1 atom stereocenters. The minimum Gasteiger partial charge on any atom is -0.388 e. The molecule has 1 aromatic rings. The second-order valence-corrected chi connectivity index (χ2v) is 2.44. The predicted molar refractivity (Wildman–Crippen MR) is 43.0 cm³/mol. The summed E-state index contributed by atoms with van der Waals surface area (Å²) in [6, 6.07) is 9.33. The number of aliphatic hydroxyl groups is 1. The van der Waals surface area contributed by atoms with E-state index in [-0.39, 0.29) is 6.54 Å². The molecule has 58 valence electrons. The molecular weight excluding hydrogens is 138 g/mol. The third kappa shape index (κ3) is 2.33. The van der Waals surface area contributed by atoms with Crippen LogP contribution in [0.3, 0.4) is 0 Å². The lowest BCUT2D eigenvalue weighted by Gasteiger charge is -2.07. The average molecular weight is 149 g/mol. The monoisotopic (exact) mass is 149 g/mol. The number of aliphatic hydroxyl groups excluding tert-OH is 1. The SMILES string of the molecule is [N]CCC(O)c1ccccc1. The highest BCUT2D eigenvalue weighted by Gasteiger charge is 2.03. The fraction of sp³-hybridized carbons (Fsp3) is 0.333. The minimum absolute atomic E-state index is 0.0239. The van der Waals surface area contributed by atoms with Crippen LogP contribution in [0.4, 0.5) is 0 Å². The van der Waals surface area contributed by atoms with Crippen molar-refractivity contribution in [3.8, 4) is 0 Å². The molecule has 1 aromatic carbocycles. The highest BCUT2D eigenvalue weighted by molar-refractivity contribution is 5.16. The summed E-state index contributed by atoms with van der Waals surface area (Å²) in [5.41, 5.74) is 9.40. The number of benzene rings is 1. The summed E-state index contributed by atoms with van der Waals surface area (Å²) in [6.07, 6.45) is -0.120. The maximum atomic E-state index is 9.36. The van der Waals surface area contributed by atoms with Crippen LogP contribution in [0.2, 0.25) is 0 Å². The molecule has 0 fully saturated rings. The first-order chi connectivity index (χ1) is 5.34. The van der Waals surface area contributed by atoms with Crippen LogP contribution in [-0.2, 0) is 0 Å². The van der Waals surface area contributed by atoms with E-state index >= 15 is 0 Å². The molecular formula is C9H11NO. The number of rotatable bonds is 3. The Hall–Kier alpha value is -0.860. The zero-order valence-electron chi connectivity index (χ0n) is 6.27. The summed E-state index contributed by atoms with van der Waals surface area (Å²) in [5.74, 6) is 0. The molecule has 0 aromatic heterocycles. The Morgan fingerprint density at radius 3 is 2.45 bits per heavy atom. The van der Waals surface area contributed by atoms with E-state index in [1.54, 1.807) is 0 Å². The van der Waals surface area contributed by atoms with E-state index in [9.17, 15) is 5.11 Å². The molecule has 0 saturated carbocycles. The Kier molecular flexibility index (Phi) is 3.08. The highest BCUT2D eigenvalue weighted by Crippen LogP contribution is 2.14. The van der Waals surface area contributed by atoms with Crippen molar-refractivity contribution in [3.63, 3.8) is 0 Å². The van der Waals surface area contributed by atoms with Gasteiger partial charge in [-0.05, 0) is 12.0 Å². The van der Waals surface area contributed by atoms with E-state index in [0.29, 0.717) is 6.42 Å². The summed E-state index contributed by atoms with van der Waals surface area (Å²) in [6.45, 7) is 0.0239. The van der Waals surface area contributed by atoms with Gasteiger partial charge in [0.25, 0.3) is 0 Å². The molecule has 0 bridgehead atoms. The van der Waals surface area contributed by atoms with Crippen molar-refractivity contribution in [1.82, 2.24) is 5.73 Å². The van der Waals surface area contributed by atoms with Crippen molar-refractivity contribution < 1.29 is 5.11 Å². The van der Waals surface area contributed by atoms with Crippen molar-refractivity contribution in [2.24, 2.45) is 0 Å². The molecule has 2 radical (unpaired) electrons. The maximum Gasteiger partial charge on any atom is 0.0803 e. The molecule has 0 aliphatic carbocycles. The van der Waals surface area contributed by atoms with Gasteiger partial charge in [0.2, 0.25) is 0 Å². The Labute approximate surface area is 66.7 Å². The van der Waals surface area contributed by atoms with Crippen molar-refractivity contribution in [1.29, 1.82) is 0 Å². The molecule has 1 N–H and O–H groups in total. The Bertz CT molecular complexity index is 198. The summed E-state index contributed by atoms with van der Waals surface area (Å²) in [4.78, 5) is 0. The van der Waals surface area contributed by atoms with Crippen molar-refractivity contribution >= 4 is 0 Å². The fourth-order valence-corrected chi connectivity index (χ4v) is 0.964. The lowest BCUT2D eigenvalue weighted by molar-refractivity contribution is 0.170. The predicted octanol–water partition coefficient (Wildman–Crippen LogP) is 1.18. The van der Waals surface area contributed by atoms with E-state index in [4.69, 9.17) is 5.73 Å². The quantitative estimate of drug-likeness (QED) is 0.689. The molecule has 1 rings (SSSR count). The molecule has 0 heterocycles. The van der Waals surface area contributed by atoms with Gasteiger partial charge in [-0.2, -0.15) is 0 Å². The van der Waals surface area contributed by atoms with Gasteiger partial charge < -0.3 is 5.11 Å². The lowest BCUT2D eigenvalue weighted by Crippen LogP contribution is -2.00. The molecule has 1 unspecified atom stereocenters. The van der Waals surface area contributed by atoms with Gasteiger partial charge in [0.1, 0.15) is 0 Å². The summed E-state index contributed by atoms with van der Waals surface area (Å²) in [7, 11) is 0. The first-order valence-corrected chi connectivity index (χ1v) is 3.68. The molecule has 0 saturated heterocycles. The second-order valence-electron chi connectivity index (χ2n) is 2.44. The first-order valence-electron chi connectivity index (χ1n) is 3.68. The molecule has 0 aliphatic rings. The third-order valence-electron chi connectivity index (χ3n) is 1.59. The van der Waals surface area contributed by atoms with Crippen LogP contribution in [0.1, 0.15) is 18.1 Å². The van der Waals surface area contributed by atoms with Crippen LogP contribution < -0.4 is 5.73 Å². The molecule has 0 spiro atoms. The Morgan fingerprint density at radius 2 is 1.91 bits per heavy atom. The van der Waals surface area contributed by atoms with Crippen LogP contribution in [0.5, 0.6) is 0 Å². The van der Waals surface area contributed by atoms with Crippen molar-refractivity contribution in [2.75, 3.05) is 6.54 Å². The van der Waals surface area contributed by atoms with Crippen molar-refractivity contribution in [3.05, 3.63) is 35.9 Å². The van der Waals surface area contributed by atoms with E-state index in [1.165, 1.54) is 0 Å². The largest absolute Gasteiger partial charge is 0.388 e. The summed E-state index contributed by atoms with van der Waals surface area (Å²) >= 11 is 0. The fourth-order valence-electron chi connectivity index (χ4n) is 0.964. The van der Waals surface area contributed by atoms with Crippen molar-refractivity contribution in [2.45, 2.75) is 12.5 Å². The van der Waals surface area contributed by atoms with Crippen LogP contribution >= 0.6 is 0 Å². The number of nitrogens with zero attached hydrogens (tertiary/aromatic N) is 1. The molecule has 2 nitrogen and oxygen atoms in total. The summed E-state index contributed by atoms with van der Waals surface area (Å²) < 4.78 is 0. The topological polar surface area (TPSA) is 42.5 Å². The third-order valence-corrected chi connectivity index (χ3v) is 1.59. The van der Waals surface area contributed by atoms with Gasteiger partial charge in [-0.15, -0.1) is 5.73 Å². The zero-order chi connectivity index (χ0) is 8.10. The van der Waals surface area contributed by atoms with E-state index < -0.39 is 6.10 Å². The molecule has 2 heteroatoms. The Balaban J connectivity index is 2.61. The van der Waals surface area contributed by atoms with Crippen LogP contribution in [-0.4, -0.2) is 11.7 Å². The maximum absolute atomic E-state index is 9.36. The van der Waals surface area contributed by atoms with Gasteiger partial charge in [-0.3, -0.25) is 0 Å². The van der Waals surface area contributed by atoms with E-state index in [2.05, 4.69) is 0 Å². The van der Waals surface area contributed by atoms with Gasteiger partial charge in [0.15, 0.2) is 0 Å². The average Bonchev–Trinajstić information content (AvgIpc) is 2.07. The standard InChI is InChI=1S/C9H11NO/c10-7-6-9(11)8-4-2-1-3-5-8/h1-5,9,11H,6-7H2. The van der Waals surface area contributed by atoms with Crippen LogP contribution in [0, 0.1) is 0 Å². The highest BCUT2D eigenvalue weighted by atomic mass is 16.3. The molecule has 11 heavy (non-hydrogen) atoms. The van der Waals surface area contributed by atoms with Gasteiger partial charge in [-0.25, -0.2) is 0 Å². The van der Waals surface area contributed by atoms with Gasteiger partial charge in [0.05, 0.1) is 6.10 Å².